The highest BCUT2D eigenvalue weighted by molar-refractivity contribution is 9.11. The van der Waals surface area contributed by atoms with Crippen LogP contribution in [0.25, 0.3) is 55.6 Å². The molecule has 0 aliphatic carbocycles. The molecule has 7 aromatic carbocycles. The molecular weight excluding hydrogens is 1580 g/mol. The van der Waals surface area contributed by atoms with Gasteiger partial charge in [0, 0.05) is 98.1 Å². The number of hydrogen-bond donors (Lipinski definition) is 14. The van der Waals surface area contributed by atoms with Gasteiger partial charge in [-0.2, -0.15) is 0 Å². The predicted molar refractivity (Wildman–Crippen MR) is 434 cm³/mol. The molecule has 12 aromatic rings. The van der Waals surface area contributed by atoms with E-state index < -0.39 is 31.7 Å². The van der Waals surface area contributed by atoms with Gasteiger partial charge < -0.3 is 83.8 Å². The van der Waals surface area contributed by atoms with Gasteiger partial charge in [-0.05, 0) is 221 Å². The number of aryl methyl sites for hydroxylation is 1. The Hall–Kier alpha value is -10.9. The molecule has 0 aliphatic rings. The number of benzene rings is 7. The highest BCUT2D eigenvalue weighted by atomic mass is 79.9. The van der Waals surface area contributed by atoms with E-state index in [0.717, 1.165) is 100 Å². The van der Waals surface area contributed by atoms with Crippen molar-refractivity contribution in [2.24, 2.45) is 0 Å². The highest BCUT2D eigenvalue weighted by Crippen LogP contribution is 2.41. The standard InChI is InChI=1S/C20H19FN2O2.C19H17FN2O2.C13H13BrN2O.C7H8BFO3.C7H8Br2N2.C7H10N2.C6H7BO3/c1-3-15-17(12-4-6-13(24)7-5-12)11-23-20(22)19(15)16-9-8-14(25-2)10-18(16)21;1-2-14-16(11-3-5-12(23)6-4-11)10-22-19(21)18(14)15-8-7-13(24)9-17(15)20;1-2-10-11(7-16-13(15)12(10)14)8-3-5-9(17)6-4-8;1-12-5-2-3-6(8(10)11)7(9)4-5;1-2-4-5(8)3-11-7(10)6(4)9;1-2-6-3-4-9-7(8)5-6;8-6-3-1-5(2-4-6)7(9)10/h4-11,24H,3H2,1-2H3,(H2,22,23);3-10,23-24H,2H2,1H3,(H2,21,22);3-7,17H,2H2,1H3,(H2,15,16);2-4,10-11H,1H3;3H,2H2,1H3,(H2,10,11);3-5H,2H2,1H3,(H2,8,9);1-4,8-10H. The van der Waals surface area contributed by atoms with Crippen molar-refractivity contribution < 1.29 is 68.3 Å². The summed E-state index contributed by atoms with van der Waals surface area (Å²) in [5.41, 5.74) is 41.7. The summed E-state index contributed by atoms with van der Waals surface area (Å²) >= 11 is 10.2. The maximum Gasteiger partial charge on any atom is 0.491 e. The second kappa shape index (κ2) is 41.8. The fourth-order valence-corrected chi connectivity index (χ4v) is 12.6. The van der Waals surface area contributed by atoms with Crippen LogP contribution in [-0.2, 0) is 32.1 Å². The minimum Gasteiger partial charge on any atom is -0.508 e. The van der Waals surface area contributed by atoms with Crippen LogP contribution in [-0.4, -0.2) is 99.0 Å². The first-order chi connectivity index (χ1) is 51.5. The van der Waals surface area contributed by atoms with Crippen molar-refractivity contribution in [3.63, 3.8) is 0 Å². The number of halogens is 6. The number of phenols is 5. The van der Waals surface area contributed by atoms with Crippen molar-refractivity contribution in [2.45, 2.75) is 66.7 Å². The maximum absolute atomic E-state index is 14.6. The van der Waals surface area contributed by atoms with Crippen LogP contribution in [0.5, 0.6) is 40.2 Å². The second-order valence-corrected chi connectivity index (χ2v) is 25.6. The van der Waals surface area contributed by atoms with Gasteiger partial charge >= 0.3 is 14.2 Å². The van der Waals surface area contributed by atoms with Gasteiger partial charge in [0.05, 0.1) is 23.2 Å². The lowest BCUT2D eigenvalue weighted by atomic mass is 9.80. The number of nitrogens with zero attached hydrogens (tertiary/aromatic N) is 5. The van der Waals surface area contributed by atoms with Crippen LogP contribution in [0.15, 0.2) is 208 Å². The summed E-state index contributed by atoms with van der Waals surface area (Å²) in [4.78, 5) is 20.5. The third-order valence-electron chi connectivity index (χ3n) is 16.2. The molecule has 21 nitrogen and oxygen atoms in total. The van der Waals surface area contributed by atoms with Gasteiger partial charge in [0.25, 0.3) is 0 Å². The van der Waals surface area contributed by atoms with Crippen molar-refractivity contribution in [1.82, 2.24) is 24.9 Å². The number of phenolic OH excluding ortho intramolecular Hbond substituents is 5. The Morgan fingerprint density at radius 3 is 1.10 bits per heavy atom. The monoisotopic (exact) mass is 1660 g/mol. The fourth-order valence-electron chi connectivity index (χ4n) is 10.6. The molecule has 562 valence electrons. The topological polar surface area (TPSA) is 395 Å². The van der Waals surface area contributed by atoms with Crippen LogP contribution in [0, 0.1) is 17.5 Å². The first-order valence-electron chi connectivity index (χ1n) is 33.3. The molecule has 0 amide bonds. The zero-order chi connectivity index (χ0) is 79.5. The Bertz CT molecular complexity index is 4940. The Kier molecular flexibility index (Phi) is 33.3. The van der Waals surface area contributed by atoms with E-state index >= 15 is 0 Å². The predicted octanol–water partition coefficient (Wildman–Crippen LogP) is 14.4. The van der Waals surface area contributed by atoms with E-state index in [0.29, 0.717) is 69.5 Å². The molecule has 0 radical (unpaired) electrons. The normalized spacial score (nSPS) is 10.3. The van der Waals surface area contributed by atoms with Crippen LogP contribution in [0.1, 0.15) is 62.4 Å². The molecule has 0 atom stereocenters. The van der Waals surface area contributed by atoms with E-state index in [1.54, 1.807) is 104 Å². The molecule has 0 fully saturated rings. The van der Waals surface area contributed by atoms with Gasteiger partial charge in [-0.25, -0.2) is 38.1 Å². The average molecular weight is 1670 g/mol. The number of methoxy groups -OCH3 is 2. The van der Waals surface area contributed by atoms with Gasteiger partial charge in [0.15, 0.2) is 0 Å². The second-order valence-electron chi connectivity index (χ2n) is 23.2. The van der Waals surface area contributed by atoms with Gasteiger partial charge in [-0.15, -0.1) is 0 Å². The SMILES string of the molecule is CCc1c(-c2ccc(O)cc2)cnc(N)c1-c1ccc(O)cc1F.CCc1c(-c2ccc(O)cc2)cnc(N)c1-c1ccc(OC)cc1F.CCc1c(-c2ccc(O)cc2)cnc(N)c1Br.CCc1c(Br)cnc(N)c1Br.CCc1ccnc(N)c1.COc1ccc(B(O)O)c(F)c1.OB(O)c1ccc(O)cc1. The Morgan fingerprint density at radius 1 is 0.370 bits per heavy atom. The Labute approximate surface area is 650 Å². The molecule has 108 heavy (non-hydrogen) atoms. The third-order valence-corrected chi connectivity index (χ3v) is 18.7. The Balaban J connectivity index is 0.000000204. The molecule has 5 heterocycles. The number of rotatable bonds is 14. The summed E-state index contributed by atoms with van der Waals surface area (Å²) in [5, 5.41) is 80.9. The number of pyridine rings is 5. The smallest absolute Gasteiger partial charge is 0.491 e. The number of aromatic nitrogens is 5. The molecular formula is C79H82B2Br3F3N10O11. The quantitative estimate of drug-likeness (QED) is 0.0450. The number of aromatic hydroxyl groups is 5. The zero-order valence-corrected chi connectivity index (χ0v) is 64.7. The van der Waals surface area contributed by atoms with Crippen molar-refractivity contribution in [3.05, 3.63) is 253 Å². The largest absolute Gasteiger partial charge is 0.508 e. The summed E-state index contributed by atoms with van der Waals surface area (Å²) in [6, 6.07) is 42.6. The molecule has 12 rings (SSSR count). The van der Waals surface area contributed by atoms with Crippen LogP contribution in [0.2, 0.25) is 0 Å². The molecule has 0 bridgehead atoms. The number of anilines is 5. The van der Waals surface area contributed by atoms with Crippen LogP contribution < -0.4 is 49.1 Å². The average Bonchev–Trinajstić information content (AvgIpc) is 0.783. The molecule has 29 heteroatoms. The third kappa shape index (κ3) is 23.8. The molecule has 0 saturated carbocycles. The van der Waals surface area contributed by atoms with E-state index in [2.05, 4.69) is 93.5 Å². The van der Waals surface area contributed by atoms with Gasteiger partial charge in [-0.1, -0.05) is 89.2 Å². The fraction of sp³-hybridized carbons (Fsp3) is 0.152. The minimum absolute atomic E-state index is 0.115. The molecule has 0 aliphatic heterocycles. The van der Waals surface area contributed by atoms with Crippen LogP contribution in [0.4, 0.5) is 42.3 Å². The highest BCUT2D eigenvalue weighted by Gasteiger charge is 2.22. The maximum atomic E-state index is 14.6. The first kappa shape index (κ1) is 86.0. The molecule has 0 saturated heterocycles. The van der Waals surface area contributed by atoms with Crippen molar-refractivity contribution >= 4 is 102 Å². The lowest BCUT2D eigenvalue weighted by molar-refractivity contribution is 0.409. The number of nitrogens with two attached hydrogens (primary N) is 5. The molecule has 5 aromatic heterocycles. The summed E-state index contributed by atoms with van der Waals surface area (Å²) in [7, 11) is -0.339. The zero-order valence-electron chi connectivity index (χ0n) is 59.9. The van der Waals surface area contributed by atoms with E-state index in [9.17, 15) is 33.6 Å². The minimum atomic E-state index is -1.78. The van der Waals surface area contributed by atoms with Crippen molar-refractivity contribution in [1.29, 1.82) is 0 Å². The summed E-state index contributed by atoms with van der Waals surface area (Å²) in [5.74, 6) is 1.89. The van der Waals surface area contributed by atoms with E-state index in [1.807, 2.05) is 38.1 Å². The Morgan fingerprint density at radius 2 is 0.741 bits per heavy atom. The van der Waals surface area contributed by atoms with Gasteiger partial charge in [0.2, 0.25) is 0 Å². The summed E-state index contributed by atoms with van der Waals surface area (Å²) < 4.78 is 54.4. The van der Waals surface area contributed by atoms with E-state index in [-0.39, 0.29) is 45.8 Å². The van der Waals surface area contributed by atoms with Crippen molar-refractivity contribution in [3.8, 4) is 95.9 Å². The van der Waals surface area contributed by atoms with Crippen LogP contribution >= 0.6 is 47.8 Å². The van der Waals surface area contributed by atoms with E-state index in [1.165, 1.54) is 74.4 Å². The summed E-state index contributed by atoms with van der Waals surface area (Å²) in [6.07, 6.45) is 12.7. The van der Waals surface area contributed by atoms with Crippen molar-refractivity contribution in [2.75, 3.05) is 42.9 Å². The van der Waals surface area contributed by atoms with Gasteiger partial charge in [0.1, 0.15) is 86.8 Å². The lowest BCUT2D eigenvalue weighted by Crippen LogP contribution is -2.32. The first-order valence-corrected chi connectivity index (χ1v) is 35.7. The molecule has 0 spiro atoms. The lowest BCUT2D eigenvalue weighted by Gasteiger charge is -2.17. The van der Waals surface area contributed by atoms with E-state index in [4.69, 9.17) is 63.3 Å². The molecule has 0 unspecified atom stereocenters. The number of hydrogen-bond acceptors (Lipinski definition) is 21. The number of ether oxygens (including phenoxy) is 2. The summed E-state index contributed by atoms with van der Waals surface area (Å²) in [6.45, 7) is 10.2. The van der Waals surface area contributed by atoms with Crippen LogP contribution in [0.3, 0.4) is 0 Å². The number of nitrogen functional groups attached to an aromatic ring is 5. The molecule has 19 N–H and O–H groups in total. The van der Waals surface area contributed by atoms with Gasteiger partial charge in [-0.3, -0.25) is 0 Å².